The third kappa shape index (κ3) is 5.57. The molecular weight excluding hydrogens is 148 g/mol. The van der Waals surface area contributed by atoms with Crippen LogP contribution in [0.5, 0.6) is 0 Å². The molecule has 0 saturated carbocycles. The summed E-state index contributed by atoms with van der Waals surface area (Å²) in [5, 5.41) is 8.37. The molecule has 2 unspecified atom stereocenters. The first kappa shape index (κ1) is 8.70. The largest absolute Gasteiger partial charge is 0.383 e. The number of aliphatic hydroxyl groups excluding tert-OH is 1. The van der Waals surface area contributed by atoms with Crippen LogP contribution in [0.4, 0.5) is 0 Å². The first-order valence-electron chi connectivity index (χ1n) is 2.04. The highest BCUT2D eigenvalue weighted by atomic mass is 32.2. The van der Waals surface area contributed by atoms with Gasteiger partial charge in [0, 0.05) is 0 Å². The molecule has 5 nitrogen and oxygen atoms in total. The standard InChI is InChI=1S/C3H6O5S/c4-1-3(5)2-8-9(6)7/h1,3,5H,2H2,(H,6,7). The molecular formula is C3H6O5S. The Hall–Kier alpha value is -0.300. The summed E-state index contributed by atoms with van der Waals surface area (Å²) < 4.78 is 21.5. The van der Waals surface area contributed by atoms with Gasteiger partial charge in [0.1, 0.15) is 6.10 Å². The fourth-order valence-electron chi connectivity index (χ4n) is 0.167. The van der Waals surface area contributed by atoms with Gasteiger partial charge >= 0.3 is 11.4 Å². The Morgan fingerprint density at radius 3 is 2.67 bits per heavy atom. The minimum atomic E-state index is -2.41. The molecule has 0 spiro atoms. The van der Waals surface area contributed by atoms with Gasteiger partial charge in [0.2, 0.25) is 0 Å². The second kappa shape index (κ2) is 4.57. The molecule has 6 heteroatoms. The molecule has 0 heterocycles. The van der Waals surface area contributed by atoms with E-state index in [1.165, 1.54) is 0 Å². The Bertz CT molecular complexity index is 113. The van der Waals surface area contributed by atoms with Crippen molar-refractivity contribution >= 4 is 17.6 Å². The second-order valence-corrected chi connectivity index (χ2v) is 1.87. The summed E-state index contributed by atoms with van der Waals surface area (Å²) in [6.45, 7) is -0.452. The van der Waals surface area contributed by atoms with Crippen LogP contribution in [-0.4, -0.2) is 32.9 Å². The van der Waals surface area contributed by atoms with Crippen molar-refractivity contribution in [2.75, 3.05) is 6.61 Å². The molecule has 0 aromatic carbocycles. The van der Waals surface area contributed by atoms with Gasteiger partial charge in [-0.05, 0) is 0 Å². The Balaban J connectivity index is 3.26. The van der Waals surface area contributed by atoms with Crippen LogP contribution in [0.2, 0.25) is 0 Å². The number of hydrogen-bond acceptors (Lipinski definition) is 4. The average Bonchev–Trinajstić information content (AvgIpc) is 1.83. The van der Waals surface area contributed by atoms with Crippen LogP contribution in [-0.2, 0) is 20.3 Å². The van der Waals surface area contributed by atoms with Crippen molar-refractivity contribution in [2.24, 2.45) is 0 Å². The Kier molecular flexibility index (Phi) is 4.41. The lowest BCUT2D eigenvalue weighted by atomic mass is 10.4. The first-order chi connectivity index (χ1) is 4.16. The Morgan fingerprint density at radius 2 is 2.33 bits per heavy atom. The number of carbonyl (C=O) groups excluding carboxylic acids is 1. The summed E-state index contributed by atoms with van der Waals surface area (Å²) in [6, 6.07) is 0. The van der Waals surface area contributed by atoms with E-state index < -0.39 is 24.1 Å². The summed E-state index contributed by atoms with van der Waals surface area (Å²) in [4.78, 5) is 9.61. The first-order valence-corrected chi connectivity index (χ1v) is 3.07. The van der Waals surface area contributed by atoms with Crippen molar-refractivity contribution in [1.82, 2.24) is 0 Å². The Labute approximate surface area is 54.1 Å². The summed E-state index contributed by atoms with van der Waals surface area (Å²) in [6.07, 6.45) is -1.10. The third-order valence-electron chi connectivity index (χ3n) is 0.497. The van der Waals surface area contributed by atoms with Gasteiger partial charge in [0.25, 0.3) is 0 Å². The molecule has 54 valence electrons. The third-order valence-corrected chi connectivity index (χ3v) is 0.834. The predicted molar refractivity (Wildman–Crippen MR) is 28.8 cm³/mol. The maximum Gasteiger partial charge on any atom is 0.301 e. The van der Waals surface area contributed by atoms with Crippen molar-refractivity contribution in [3.63, 3.8) is 0 Å². The van der Waals surface area contributed by atoms with Gasteiger partial charge < -0.3 is 9.90 Å². The van der Waals surface area contributed by atoms with Crippen molar-refractivity contribution < 1.29 is 22.8 Å². The summed E-state index contributed by atoms with van der Waals surface area (Å²) >= 11 is -2.41. The van der Waals surface area contributed by atoms with E-state index in [0.717, 1.165) is 0 Å². The van der Waals surface area contributed by atoms with Gasteiger partial charge in [-0.25, -0.2) is 0 Å². The smallest absolute Gasteiger partial charge is 0.301 e. The lowest BCUT2D eigenvalue weighted by molar-refractivity contribution is -0.116. The number of aliphatic hydroxyl groups is 1. The van der Waals surface area contributed by atoms with Crippen LogP contribution in [0, 0.1) is 0 Å². The van der Waals surface area contributed by atoms with Crippen LogP contribution in [0.3, 0.4) is 0 Å². The number of hydrogen-bond donors (Lipinski definition) is 2. The normalized spacial score (nSPS) is 16.7. The lowest BCUT2D eigenvalue weighted by Gasteiger charge is -1.97. The van der Waals surface area contributed by atoms with Crippen LogP contribution in [0.15, 0.2) is 0 Å². The van der Waals surface area contributed by atoms with Gasteiger partial charge in [-0.2, -0.15) is 4.21 Å². The van der Waals surface area contributed by atoms with E-state index in [-0.39, 0.29) is 6.29 Å². The molecule has 0 amide bonds. The highest BCUT2D eigenvalue weighted by Crippen LogP contribution is 1.82. The molecule has 2 atom stereocenters. The number of aldehydes is 1. The number of carbonyl (C=O) groups is 1. The highest BCUT2D eigenvalue weighted by Gasteiger charge is 2.02. The molecule has 0 radical (unpaired) electrons. The van der Waals surface area contributed by atoms with Crippen molar-refractivity contribution in [3.05, 3.63) is 0 Å². The SMILES string of the molecule is O=CC(O)COS(=O)O. The summed E-state index contributed by atoms with van der Waals surface area (Å²) in [5.74, 6) is 0. The molecule has 0 aliphatic carbocycles. The quantitative estimate of drug-likeness (QED) is 0.388. The van der Waals surface area contributed by atoms with Gasteiger partial charge in [0.05, 0.1) is 6.61 Å². The summed E-state index contributed by atoms with van der Waals surface area (Å²) in [5.41, 5.74) is 0. The van der Waals surface area contributed by atoms with Crippen LogP contribution < -0.4 is 0 Å². The average molecular weight is 154 g/mol. The Morgan fingerprint density at radius 1 is 1.78 bits per heavy atom. The zero-order chi connectivity index (χ0) is 7.28. The predicted octanol–water partition coefficient (Wildman–Crippen LogP) is -1.30. The molecule has 0 aromatic heterocycles. The van der Waals surface area contributed by atoms with Crippen LogP contribution in [0.1, 0.15) is 0 Å². The fourth-order valence-corrected chi connectivity index (χ4v) is 0.423. The maximum atomic E-state index is 9.68. The second-order valence-electron chi connectivity index (χ2n) is 1.21. The molecule has 0 aliphatic heterocycles. The molecule has 0 rings (SSSR count). The van der Waals surface area contributed by atoms with Gasteiger partial charge in [0.15, 0.2) is 6.29 Å². The van der Waals surface area contributed by atoms with Crippen molar-refractivity contribution in [3.8, 4) is 0 Å². The zero-order valence-electron chi connectivity index (χ0n) is 4.39. The van der Waals surface area contributed by atoms with E-state index in [2.05, 4.69) is 4.18 Å². The summed E-state index contributed by atoms with van der Waals surface area (Å²) in [7, 11) is 0. The zero-order valence-corrected chi connectivity index (χ0v) is 5.21. The molecule has 0 aliphatic rings. The molecule has 9 heavy (non-hydrogen) atoms. The fraction of sp³-hybridized carbons (Fsp3) is 0.667. The van der Waals surface area contributed by atoms with Crippen molar-refractivity contribution in [2.45, 2.75) is 6.10 Å². The van der Waals surface area contributed by atoms with Crippen molar-refractivity contribution in [1.29, 1.82) is 0 Å². The number of rotatable bonds is 4. The van der Waals surface area contributed by atoms with Gasteiger partial charge in [-0.3, -0.25) is 8.74 Å². The minimum absolute atomic E-state index is 0.215. The minimum Gasteiger partial charge on any atom is -0.383 e. The van der Waals surface area contributed by atoms with Gasteiger partial charge in [-0.1, -0.05) is 0 Å². The van der Waals surface area contributed by atoms with E-state index in [1.54, 1.807) is 0 Å². The van der Waals surface area contributed by atoms with E-state index in [0.29, 0.717) is 0 Å². The molecule has 0 saturated heterocycles. The van der Waals surface area contributed by atoms with E-state index in [9.17, 15) is 9.00 Å². The lowest BCUT2D eigenvalue weighted by Crippen LogP contribution is -2.16. The van der Waals surface area contributed by atoms with E-state index in [4.69, 9.17) is 9.66 Å². The molecule has 2 N–H and O–H groups in total. The maximum absolute atomic E-state index is 9.68. The molecule has 0 bridgehead atoms. The van der Waals surface area contributed by atoms with Crippen LogP contribution in [0.25, 0.3) is 0 Å². The molecule has 0 fully saturated rings. The molecule has 0 aromatic rings. The van der Waals surface area contributed by atoms with Crippen LogP contribution >= 0.6 is 0 Å². The highest BCUT2D eigenvalue weighted by molar-refractivity contribution is 7.74. The monoisotopic (exact) mass is 154 g/mol. The topological polar surface area (TPSA) is 83.8 Å². The van der Waals surface area contributed by atoms with E-state index >= 15 is 0 Å². The van der Waals surface area contributed by atoms with Gasteiger partial charge in [-0.15, -0.1) is 0 Å². The van der Waals surface area contributed by atoms with E-state index in [1.807, 2.05) is 0 Å².